The molecule has 0 aromatic rings. The van der Waals surface area contributed by atoms with E-state index in [9.17, 15) is 23.1 Å². The Bertz CT molecular complexity index is 441. The van der Waals surface area contributed by atoms with Gasteiger partial charge in [0.25, 0.3) is 0 Å². The van der Waals surface area contributed by atoms with Gasteiger partial charge in [-0.1, -0.05) is 0 Å². The molecule has 6 nitrogen and oxygen atoms in total. The first kappa shape index (κ1) is 12.4. The van der Waals surface area contributed by atoms with E-state index in [4.69, 9.17) is 0 Å². The van der Waals surface area contributed by atoms with E-state index in [1.807, 2.05) is 0 Å². The lowest BCUT2D eigenvalue weighted by atomic mass is 10.1. The molecule has 0 bridgehead atoms. The van der Waals surface area contributed by atoms with Gasteiger partial charge >= 0.3 is 29.9 Å². The minimum absolute atomic E-state index is 0.226. The van der Waals surface area contributed by atoms with E-state index >= 15 is 0 Å². The molecule has 2 aliphatic rings. The first-order valence-electron chi connectivity index (χ1n) is 4.67. The second-order valence-corrected chi connectivity index (χ2v) is 8.05. The number of carbonyl (C=O) groups excluding carboxylic acids is 4. The summed E-state index contributed by atoms with van der Waals surface area (Å²) in [5.41, 5.74) is -4.25. The van der Waals surface area contributed by atoms with E-state index in [1.165, 1.54) is 0 Å². The number of amides is 4. The fraction of sp³-hybridized carbons (Fsp3) is 0.500. The highest BCUT2D eigenvalue weighted by Gasteiger charge is 2.93. The van der Waals surface area contributed by atoms with Gasteiger partial charge in [-0.05, 0) is 20.8 Å². The SMILES string of the molecule is CC(C)(C)N1C(=O)[P+]2(C(=O)N(SF)C2=O)C1=O. The standard InChI is InChI=1S/C8H9FN2O4PS/c1-8(2,3)10-4(12)16(5(10)13)6(14)11(17-9)7(16)15/h1-3H3/q+1. The Morgan fingerprint density at radius 3 is 1.71 bits per heavy atom. The fourth-order valence-corrected chi connectivity index (χ4v) is 5.61. The number of hydrogen-bond donors (Lipinski definition) is 0. The van der Waals surface area contributed by atoms with E-state index < -0.39 is 47.7 Å². The predicted molar refractivity (Wildman–Crippen MR) is 60.6 cm³/mol. The van der Waals surface area contributed by atoms with Gasteiger partial charge in [-0.25, -0.2) is 24.1 Å². The zero-order valence-electron chi connectivity index (χ0n) is 9.26. The second-order valence-electron chi connectivity index (χ2n) is 4.67. The van der Waals surface area contributed by atoms with Crippen LogP contribution in [0, 0.1) is 0 Å². The van der Waals surface area contributed by atoms with Crippen LogP contribution in [0.1, 0.15) is 20.8 Å². The van der Waals surface area contributed by atoms with Gasteiger partial charge in [-0.3, -0.25) is 0 Å². The van der Waals surface area contributed by atoms with Crippen molar-refractivity contribution in [3.63, 3.8) is 0 Å². The summed E-state index contributed by atoms with van der Waals surface area (Å²) in [5, 5.41) is 0. The quantitative estimate of drug-likeness (QED) is 0.543. The molecule has 92 valence electrons. The summed E-state index contributed by atoms with van der Waals surface area (Å²) in [4.78, 5) is 47.7. The molecule has 2 rings (SSSR count). The lowest BCUT2D eigenvalue weighted by Gasteiger charge is -2.45. The van der Waals surface area contributed by atoms with Crippen LogP contribution in [0.15, 0.2) is 0 Å². The van der Waals surface area contributed by atoms with Crippen LogP contribution in [0.3, 0.4) is 0 Å². The van der Waals surface area contributed by atoms with Crippen molar-refractivity contribution in [3.8, 4) is 0 Å². The highest BCUT2D eigenvalue weighted by atomic mass is 32.2. The summed E-state index contributed by atoms with van der Waals surface area (Å²) in [6, 6.07) is 0. The van der Waals surface area contributed by atoms with Crippen molar-refractivity contribution >= 4 is 42.2 Å². The molecule has 2 fully saturated rings. The maximum Gasteiger partial charge on any atom is 0.415 e. The molecule has 0 aliphatic carbocycles. The first-order valence-corrected chi connectivity index (χ1v) is 7.13. The van der Waals surface area contributed by atoms with Crippen LogP contribution in [-0.2, 0) is 0 Å². The Kier molecular flexibility index (Phi) is 2.39. The molecule has 0 unspecified atom stereocenters. The first-order chi connectivity index (χ1) is 7.70. The topological polar surface area (TPSA) is 74.8 Å². The predicted octanol–water partition coefficient (Wildman–Crippen LogP) is 3.45. The van der Waals surface area contributed by atoms with Crippen molar-refractivity contribution in [1.82, 2.24) is 9.21 Å². The van der Waals surface area contributed by atoms with Gasteiger partial charge in [0.2, 0.25) is 0 Å². The largest absolute Gasteiger partial charge is 0.415 e. The molecule has 0 atom stereocenters. The van der Waals surface area contributed by atoms with Crippen LogP contribution in [0.5, 0.6) is 0 Å². The normalized spacial score (nSPS) is 23.1. The van der Waals surface area contributed by atoms with E-state index in [-0.39, 0.29) is 4.31 Å². The highest BCUT2D eigenvalue weighted by Crippen LogP contribution is 2.80. The number of imide groups is 2. The minimum Gasteiger partial charge on any atom is -0.224 e. The van der Waals surface area contributed by atoms with Crippen molar-refractivity contribution in [2.24, 2.45) is 0 Å². The number of carbonyl (C=O) groups is 4. The smallest absolute Gasteiger partial charge is 0.224 e. The van der Waals surface area contributed by atoms with Crippen molar-refractivity contribution in [3.05, 3.63) is 0 Å². The van der Waals surface area contributed by atoms with Crippen molar-refractivity contribution in [2.45, 2.75) is 26.3 Å². The van der Waals surface area contributed by atoms with Crippen molar-refractivity contribution < 1.29 is 23.1 Å². The molecule has 2 aliphatic heterocycles. The van der Waals surface area contributed by atoms with Crippen LogP contribution in [0.25, 0.3) is 0 Å². The molecular weight excluding hydrogens is 270 g/mol. The molecule has 17 heavy (non-hydrogen) atoms. The van der Waals surface area contributed by atoms with Gasteiger partial charge in [-0.15, -0.1) is 8.19 Å². The Labute approximate surface area is 101 Å². The van der Waals surface area contributed by atoms with Crippen LogP contribution in [0.4, 0.5) is 23.1 Å². The molecular formula is C8H9FN2O4PS+. The molecule has 0 radical (unpaired) electrons. The Hall–Kier alpha value is -1.01. The zero-order chi connectivity index (χ0) is 13.2. The zero-order valence-corrected chi connectivity index (χ0v) is 11.0. The summed E-state index contributed by atoms with van der Waals surface area (Å²) < 4.78 is 12.4. The third kappa shape index (κ3) is 1.15. The maximum absolute atomic E-state index is 12.2. The average molecular weight is 279 g/mol. The summed E-state index contributed by atoms with van der Waals surface area (Å²) in [7, 11) is -3.60. The summed E-state index contributed by atoms with van der Waals surface area (Å²) in [6.45, 7) is 4.86. The van der Waals surface area contributed by atoms with Crippen LogP contribution < -0.4 is 0 Å². The number of rotatable bonds is 1. The Balaban J connectivity index is 2.35. The third-order valence-electron chi connectivity index (χ3n) is 2.62. The molecule has 0 aromatic heterocycles. The van der Waals surface area contributed by atoms with E-state index in [0.717, 1.165) is 4.90 Å². The summed E-state index contributed by atoms with van der Waals surface area (Å²) in [6.07, 6.45) is 0. The van der Waals surface area contributed by atoms with Crippen molar-refractivity contribution in [1.29, 1.82) is 0 Å². The monoisotopic (exact) mass is 279 g/mol. The van der Waals surface area contributed by atoms with Gasteiger partial charge in [0.05, 0.1) is 0 Å². The maximum atomic E-state index is 12.2. The van der Waals surface area contributed by atoms with Gasteiger partial charge in [0.1, 0.15) is 0 Å². The molecule has 9 heteroatoms. The number of nitrogens with zero attached hydrogens (tertiary/aromatic N) is 2. The van der Waals surface area contributed by atoms with E-state index in [1.54, 1.807) is 20.8 Å². The number of halogens is 1. The lowest BCUT2D eigenvalue weighted by molar-refractivity contribution is 0.167. The van der Waals surface area contributed by atoms with Gasteiger partial charge in [-0.2, -0.15) is 0 Å². The Morgan fingerprint density at radius 1 is 1.00 bits per heavy atom. The molecule has 1 spiro atoms. The van der Waals surface area contributed by atoms with Gasteiger partial charge in [0, 0.05) is 5.54 Å². The van der Waals surface area contributed by atoms with Crippen LogP contribution in [-0.4, -0.2) is 37.3 Å². The van der Waals surface area contributed by atoms with Gasteiger partial charge in [0.15, 0.2) is 12.3 Å². The third-order valence-corrected chi connectivity index (χ3v) is 6.45. The molecule has 4 amide bonds. The molecule has 2 heterocycles. The fourth-order valence-electron chi connectivity index (χ4n) is 1.77. The molecule has 0 N–H and O–H groups in total. The molecule has 2 saturated heterocycles. The number of hydrogen-bond acceptors (Lipinski definition) is 5. The summed E-state index contributed by atoms with van der Waals surface area (Å²) >= 11 is -0.569. The van der Waals surface area contributed by atoms with Crippen molar-refractivity contribution in [2.75, 3.05) is 0 Å². The highest BCUT2D eigenvalue weighted by molar-refractivity contribution is 8.32. The molecule has 0 saturated carbocycles. The lowest BCUT2D eigenvalue weighted by Crippen LogP contribution is -2.68. The molecule has 0 aromatic carbocycles. The van der Waals surface area contributed by atoms with Crippen LogP contribution >= 0.6 is 19.6 Å². The van der Waals surface area contributed by atoms with Crippen LogP contribution in [0.2, 0.25) is 0 Å². The minimum atomic E-state index is -3.60. The average Bonchev–Trinajstić information content (AvgIpc) is 2.16. The van der Waals surface area contributed by atoms with Gasteiger partial charge < -0.3 is 0 Å². The van der Waals surface area contributed by atoms with E-state index in [0.29, 0.717) is 0 Å². The summed E-state index contributed by atoms with van der Waals surface area (Å²) in [5.74, 6) is 0. The second kappa shape index (κ2) is 3.26. The van der Waals surface area contributed by atoms with E-state index in [2.05, 4.69) is 0 Å². The Morgan fingerprint density at radius 2 is 1.41 bits per heavy atom.